The minimum atomic E-state index is -0.410. The topological polar surface area (TPSA) is 90.8 Å². The van der Waals surface area contributed by atoms with Crippen molar-refractivity contribution in [1.82, 2.24) is 19.3 Å². The fourth-order valence-electron chi connectivity index (χ4n) is 1.83. The molecule has 3 N–H and O–H groups in total. The Bertz CT molecular complexity index is 556. The third-order valence-corrected chi connectivity index (χ3v) is 2.73. The zero-order chi connectivity index (χ0) is 13.8. The standard InChI is InChI=1S/C12H18N6O/c1-9(2)18-8-14-4-11(18)5-15-10-3-16-17(6-10)7-12(13)19/h3-4,6,8-9,15H,5,7H2,1-2H3,(H2,13,19). The molecule has 102 valence electrons. The van der Waals surface area contributed by atoms with Gasteiger partial charge in [0.2, 0.25) is 5.91 Å². The van der Waals surface area contributed by atoms with Gasteiger partial charge in [-0.2, -0.15) is 5.10 Å². The van der Waals surface area contributed by atoms with E-state index in [0.717, 1.165) is 11.4 Å². The van der Waals surface area contributed by atoms with Gasteiger partial charge in [0.25, 0.3) is 0 Å². The normalized spacial score (nSPS) is 10.9. The summed E-state index contributed by atoms with van der Waals surface area (Å²) in [5.74, 6) is -0.410. The second-order valence-corrected chi connectivity index (χ2v) is 4.63. The van der Waals surface area contributed by atoms with E-state index in [1.165, 1.54) is 4.68 Å². The molecular formula is C12H18N6O. The minimum Gasteiger partial charge on any atom is -0.377 e. The number of nitrogens with one attached hydrogen (secondary N) is 1. The molecule has 2 heterocycles. The summed E-state index contributed by atoms with van der Waals surface area (Å²) in [5, 5.41) is 7.28. The third kappa shape index (κ3) is 3.34. The van der Waals surface area contributed by atoms with E-state index in [2.05, 4.69) is 33.8 Å². The molecule has 0 bridgehead atoms. The highest BCUT2D eigenvalue weighted by molar-refractivity contribution is 5.73. The maximum Gasteiger partial charge on any atom is 0.239 e. The fourth-order valence-corrected chi connectivity index (χ4v) is 1.83. The Morgan fingerprint density at radius 2 is 2.26 bits per heavy atom. The summed E-state index contributed by atoms with van der Waals surface area (Å²) in [7, 11) is 0. The number of hydrogen-bond donors (Lipinski definition) is 2. The zero-order valence-electron chi connectivity index (χ0n) is 11.1. The van der Waals surface area contributed by atoms with Gasteiger partial charge in [0, 0.05) is 18.4 Å². The van der Waals surface area contributed by atoms with Crippen LogP contribution in [0, 0.1) is 0 Å². The molecule has 0 atom stereocenters. The molecule has 0 radical (unpaired) electrons. The van der Waals surface area contributed by atoms with Crippen molar-refractivity contribution in [2.24, 2.45) is 5.73 Å². The van der Waals surface area contributed by atoms with E-state index in [0.29, 0.717) is 12.6 Å². The van der Waals surface area contributed by atoms with Gasteiger partial charge in [0.1, 0.15) is 6.54 Å². The van der Waals surface area contributed by atoms with Gasteiger partial charge in [-0.05, 0) is 13.8 Å². The molecule has 2 aromatic rings. The Balaban J connectivity index is 1.96. The first kappa shape index (κ1) is 13.1. The first-order valence-electron chi connectivity index (χ1n) is 6.11. The largest absolute Gasteiger partial charge is 0.377 e. The number of rotatable bonds is 6. The van der Waals surface area contributed by atoms with Crippen LogP contribution in [0.25, 0.3) is 0 Å². The van der Waals surface area contributed by atoms with Gasteiger partial charge in [0.15, 0.2) is 0 Å². The van der Waals surface area contributed by atoms with Crippen LogP contribution >= 0.6 is 0 Å². The number of nitrogens with zero attached hydrogens (tertiary/aromatic N) is 4. The lowest BCUT2D eigenvalue weighted by atomic mass is 10.3. The third-order valence-electron chi connectivity index (χ3n) is 2.73. The SMILES string of the molecule is CC(C)n1cncc1CNc1cnn(CC(N)=O)c1. The summed E-state index contributed by atoms with van der Waals surface area (Å²) in [4.78, 5) is 14.9. The van der Waals surface area contributed by atoms with Gasteiger partial charge < -0.3 is 15.6 Å². The number of carbonyl (C=O) groups excluding carboxylic acids is 1. The first-order valence-corrected chi connectivity index (χ1v) is 6.11. The smallest absolute Gasteiger partial charge is 0.239 e. The molecule has 2 rings (SSSR count). The molecule has 0 fully saturated rings. The molecule has 0 aliphatic rings. The number of primary amides is 1. The lowest BCUT2D eigenvalue weighted by Gasteiger charge is -2.12. The number of aromatic nitrogens is 4. The highest BCUT2D eigenvalue weighted by atomic mass is 16.1. The minimum absolute atomic E-state index is 0.0889. The summed E-state index contributed by atoms with van der Waals surface area (Å²) in [6, 6.07) is 0.372. The second-order valence-electron chi connectivity index (χ2n) is 4.63. The summed E-state index contributed by atoms with van der Waals surface area (Å²) < 4.78 is 3.60. The Morgan fingerprint density at radius 3 is 2.95 bits per heavy atom. The summed E-state index contributed by atoms with van der Waals surface area (Å²) >= 11 is 0. The van der Waals surface area contributed by atoms with Crippen LogP contribution in [-0.4, -0.2) is 25.2 Å². The van der Waals surface area contributed by atoms with E-state index in [1.807, 2.05) is 12.5 Å². The molecule has 19 heavy (non-hydrogen) atoms. The maximum absolute atomic E-state index is 10.8. The van der Waals surface area contributed by atoms with Crippen LogP contribution < -0.4 is 11.1 Å². The molecule has 7 heteroatoms. The van der Waals surface area contributed by atoms with Crippen LogP contribution in [-0.2, 0) is 17.9 Å². The second kappa shape index (κ2) is 5.55. The highest BCUT2D eigenvalue weighted by Crippen LogP contribution is 2.11. The number of amides is 1. The number of nitrogens with two attached hydrogens (primary N) is 1. The van der Waals surface area contributed by atoms with Crippen LogP contribution in [0.2, 0.25) is 0 Å². The van der Waals surface area contributed by atoms with Crippen LogP contribution in [0.15, 0.2) is 24.9 Å². The van der Waals surface area contributed by atoms with E-state index in [9.17, 15) is 4.79 Å². The molecule has 0 saturated heterocycles. The highest BCUT2D eigenvalue weighted by Gasteiger charge is 2.06. The number of anilines is 1. The Hall–Kier alpha value is -2.31. The number of imidazole rings is 1. The summed E-state index contributed by atoms with van der Waals surface area (Å²) in [6.45, 7) is 4.96. The van der Waals surface area contributed by atoms with Crippen LogP contribution in [0.4, 0.5) is 5.69 Å². The van der Waals surface area contributed by atoms with Gasteiger partial charge in [-0.25, -0.2) is 4.98 Å². The molecule has 0 aromatic carbocycles. The summed E-state index contributed by atoms with van der Waals surface area (Å²) in [6.07, 6.45) is 7.07. The molecule has 0 saturated carbocycles. The van der Waals surface area contributed by atoms with Crippen molar-refractivity contribution < 1.29 is 4.79 Å². The number of hydrogen-bond acceptors (Lipinski definition) is 4. The lowest BCUT2D eigenvalue weighted by molar-refractivity contribution is -0.118. The Morgan fingerprint density at radius 1 is 1.47 bits per heavy atom. The predicted octanol–water partition coefficient (Wildman–Crippen LogP) is 0.758. The van der Waals surface area contributed by atoms with Crippen molar-refractivity contribution in [2.75, 3.05) is 5.32 Å². The molecular weight excluding hydrogens is 244 g/mol. The molecule has 1 amide bonds. The van der Waals surface area contributed by atoms with E-state index in [1.54, 1.807) is 12.4 Å². The Labute approximate surface area is 111 Å². The van der Waals surface area contributed by atoms with Crippen LogP contribution in [0.1, 0.15) is 25.6 Å². The molecule has 2 aromatic heterocycles. The molecule has 0 unspecified atom stereocenters. The average molecular weight is 262 g/mol. The van der Waals surface area contributed by atoms with Crippen molar-refractivity contribution in [1.29, 1.82) is 0 Å². The van der Waals surface area contributed by atoms with Crippen molar-refractivity contribution in [2.45, 2.75) is 33.0 Å². The quantitative estimate of drug-likeness (QED) is 0.804. The van der Waals surface area contributed by atoms with Crippen molar-refractivity contribution in [3.63, 3.8) is 0 Å². The first-order chi connectivity index (χ1) is 9.06. The van der Waals surface area contributed by atoms with Crippen molar-refractivity contribution in [3.05, 3.63) is 30.6 Å². The van der Waals surface area contributed by atoms with E-state index >= 15 is 0 Å². The van der Waals surface area contributed by atoms with Gasteiger partial charge >= 0.3 is 0 Å². The van der Waals surface area contributed by atoms with Crippen LogP contribution in [0.5, 0.6) is 0 Å². The van der Waals surface area contributed by atoms with Gasteiger partial charge in [-0.15, -0.1) is 0 Å². The molecule has 0 aliphatic carbocycles. The average Bonchev–Trinajstić information content (AvgIpc) is 2.93. The van der Waals surface area contributed by atoms with Gasteiger partial charge in [-0.3, -0.25) is 9.48 Å². The Kier molecular flexibility index (Phi) is 3.84. The monoisotopic (exact) mass is 262 g/mol. The molecule has 7 nitrogen and oxygen atoms in total. The fraction of sp³-hybridized carbons (Fsp3) is 0.417. The molecule has 0 spiro atoms. The lowest BCUT2D eigenvalue weighted by Crippen LogP contribution is -2.18. The van der Waals surface area contributed by atoms with E-state index in [4.69, 9.17) is 5.73 Å². The number of carbonyl (C=O) groups is 1. The van der Waals surface area contributed by atoms with Gasteiger partial charge in [0.05, 0.1) is 30.5 Å². The van der Waals surface area contributed by atoms with Crippen LogP contribution in [0.3, 0.4) is 0 Å². The maximum atomic E-state index is 10.8. The van der Waals surface area contributed by atoms with Gasteiger partial charge in [-0.1, -0.05) is 0 Å². The molecule has 0 aliphatic heterocycles. The predicted molar refractivity (Wildman–Crippen MR) is 71.4 cm³/mol. The van der Waals surface area contributed by atoms with Crippen molar-refractivity contribution in [3.8, 4) is 0 Å². The van der Waals surface area contributed by atoms with E-state index < -0.39 is 5.91 Å². The zero-order valence-corrected chi connectivity index (χ0v) is 11.1. The van der Waals surface area contributed by atoms with Crippen molar-refractivity contribution >= 4 is 11.6 Å². The summed E-state index contributed by atoms with van der Waals surface area (Å²) in [5.41, 5.74) is 7.05. The van der Waals surface area contributed by atoms with E-state index in [-0.39, 0.29) is 6.54 Å².